The van der Waals surface area contributed by atoms with Crippen LogP contribution < -0.4 is 4.98 Å². The Balaban J connectivity index is 0.00000336. The first-order valence-corrected chi connectivity index (χ1v) is 16.5. The van der Waals surface area contributed by atoms with Gasteiger partial charge < -0.3 is 9.55 Å². The predicted octanol–water partition coefficient (Wildman–Crippen LogP) is 10.5. The van der Waals surface area contributed by atoms with Crippen LogP contribution in [0.5, 0.6) is 0 Å². The first-order valence-electron chi connectivity index (χ1n) is 16.5. The van der Waals surface area contributed by atoms with Crippen molar-refractivity contribution >= 4 is 54.6 Å². The smallest absolute Gasteiger partial charge is 0.656 e. The van der Waals surface area contributed by atoms with E-state index in [1.165, 1.54) is 16.5 Å². The number of hydrogen-bond donors (Lipinski definition) is 0. The first kappa shape index (κ1) is 30.3. The summed E-state index contributed by atoms with van der Waals surface area (Å²) in [4.78, 5) is 15.4. The summed E-state index contributed by atoms with van der Waals surface area (Å²) in [5.41, 5.74) is 12.5. The summed E-state index contributed by atoms with van der Waals surface area (Å²) in [5.74, 6) is 1.73. The topological polar surface area (TPSA) is 49.7 Å². The van der Waals surface area contributed by atoms with E-state index < -0.39 is 0 Å². The van der Waals surface area contributed by atoms with Gasteiger partial charge in [0.05, 0.1) is 11.0 Å². The molecule has 4 aromatic heterocycles. The average molecular weight is 823 g/mol. The van der Waals surface area contributed by atoms with Crippen LogP contribution in [0.2, 0.25) is 0 Å². The Bertz CT molecular complexity index is 2910. The van der Waals surface area contributed by atoms with E-state index >= 15 is 0 Å². The molecule has 0 unspecified atom stereocenters. The minimum absolute atomic E-state index is 0. The zero-order valence-electron chi connectivity index (χ0n) is 27.3. The molecule has 10 rings (SSSR count). The Morgan fingerprint density at radius 3 is 2.26 bits per heavy atom. The van der Waals surface area contributed by atoms with E-state index in [-0.39, 0.29) is 21.1 Å². The molecule has 0 saturated heterocycles. The van der Waals surface area contributed by atoms with Gasteiger partial charge in [-0.05, 0) is 83.0 Å². The molecule has 0 spiro atoms. The predicted molar refractivity (Wildman–Crippen MR) is 201 cm³/mol. The van der Waals surface area contributed by atoms with Gasteiger partial charge in [0.15, 0.2) is 0 Å². The standard InChI is InChI=1S/C44H29N5.Pt/c1-27-10-7-11-30(24-27)48-38-17-9-13-31(43(38)47-44(48)36-15-8-14-35-32-12-3-4-16-37(32)46-42(35)36)29-20-22-34-33-21-19-28(2)25-39(33)49(40(34)26-29)41-18-5-6-23-45-41;/h3-25H,1-2H3;/q-2;+2. The Labute approximate surface area is 303 Å². The van der Waals surface area contributed by atoms with Crippen LogP contribution >= 0.6 is 0 Å². The van der Waals surface area contributed by atoms with Crippen molar-refractivity contribution in [3.63, 3.8) is 0 Å². The number of aromatic nitrogens is 5. The van der Waals surface area contributed by atoms with Crippen molar-refractivity contribution < 1.29 is 21.1 Å². The van der Waals surface area contributed by atoms with Gasteiger partial charge in [-0.25, -0.2) is 9.97 Å². The van der Waals surface area contributed by atoms with Crippen molar-refractivity contribution in [1.82, 2.24) is 24.1 Å². The molecule has 10 aromatic rings. The molecular formula is C44H29N5Pt. The molecule has 0 aliphatic rings. The van der Waals surface area contributed by atoms with E-state index in [1.807, 2.05) is 24.4 Å². The third-order valence-corrected chi connectivity index (χ3v) is 9.65. The third-order valence-electron chi connectivity index (χ3n) is 9.65. The van der Waals surface area contributed by atoms with Gasteiger partial charge in [0.2, 0.25) is 0 Å². The maximum Gasteiger partial charge on any atom is 2.00 e. The number of rotatable bonds is 4. The van der Waals surface area contributed by atoms with Crippen molar-refractivity contribution in [3.8, 4) is 34.0 Å². The third kappa shape index (κ3) is 4.58. The summed E-state index contributed by atoms with van der Waals surface area (Å²) in [5, 5.41) is 4.61. The molecular weight excluding hydrogens is 794 g/mol. The minimum atomic E-state index is 0. The number of para-hydroxylation sites is 3. The fraction of sp³-hybridized carbons (Fsp3) is 0.0455. The van der Waals surface area contributed by atoms with Gasteiger partial charge in [-0.2, -0.15) is 0 Å². The summed E-state index contributed by atoms with van der Waals surface area (Å²) in [7, 11) is 0. The van der Waals surface area contributed by atoms with Crippen LogP contribution in [-0.2, 0) is 21.1 Å². The molecule has 0 fully saturated rings. The molecule has 0 aliphatic heterocycles. The molecule has 0 N–H and O–H groups in total. The van der Waals surface area contributed by atoms with E-state index in [9.17, 15) is 0 Å². The van der Waals surface area contributed by atoms with Crippen LogP contribution in [0, 0.1) is 19.9 Å². The van der Waals surface area contributed by atoms with Crippen LogP contribution in [0.25, 0.3) is 88.7 Å². The number of imidazole rings is 1. The van der Waals surface area contributed by atoms with E-state index in [2.05, 4.69) is 144 Å². The van der Waals surface area contributed by atoms with Gasteiger partial charge in [0.1, 0.15) is 11.6 Å². The van der Waals surface area contributed by atoms with E-state index in [1.54, 1.807) is 0 Å². The van der Waals surface area contributed by atoms with Gasteiger partial charge in [0.25, 0.3) is 0 Å². The molecule has 4 heterocycles. The quantitative estimate of drug-likeness (QED) is 0.166. The number of aryl methyl sites for hydroxylation is 2. The second-order valence-electron chi connectivity index (χ2n) is 12.8. The van der Waals surface area contributed by atoms with Crippen LogP contribution in [0.1, 0.15) is 11.1 Å². The maximum atomic E-state index is 5.48. The maximum absolute atomic E-state index is 5.48. The normalized spacial score (nSPS) is 11.6. The Morgan fingerprint density at radius 2 is 1.38 bits per heavy atom. The van der Waals surface area contributed by atoms with Crippen LogP contribution in [0.4, 0.5) is 0 Å². The summed E-state index contributed by atoms with van der Waals surface area (Å²) in [6, 6.07) is 50.7. The van der Waals surface area contributed by atoms with Crippen molar-refractivity contribution in [2.75, 3.05) is 0 Å². The van der Waals surface area contributed by atoms with Crippen LogP contribution in [0.3, 0.4) is 0 Å². The molecule has 6 aromatic carbocycles. The molecule has 6 heteroatoms. The molecule has 0 radical (unpaired) electrons. The summed E-state index contributed by atoms with van der Waals surface area (Å²) >= 11 is 0. The fourth-order valence-corrected chi connectivity index (χ4v) is 7.44. The van der Waals surface area contributed by atoms with Gasteiger partial charge in [-0.1, -0.05) is 95.9 Å². The summed E-state index contributed by atoms with van der Waals surface area (Å²) in [6.07, 6.45) is 1.85. The second-order valence-corrected chi connectivity index (χ2v) is 12.8. The molecule has 50 heavy (non-hydrogen) atoms. The molecule has 0 bridgehead atoms. The minimum Gasteiger partial charge on any atom is -0.656 e. The number of benzene rings is 6. The Morgan fingerprint density at radius 1 is 0.600 bits per heavy atom. The van der Waals surface area contributed by atoms with Crippen molar-refractivity contribution in [3.05, 3.63) is 157 Å². The zero-order chi connectivity index (χ0) is 32.6. The summed E-state index contributed by atoms with van der Waals surface area (Å²) in [6.45, 7) is 4.26. The van der Waals surface area contributed by atoms with Gasteiger partial charge in [-0.3, -0.25) is 4.57 Å². The fourth-order valence-electron chi connectivity index (χ4n) is 7.44. The summed E-state index contributed by atoms with van der Waals surface area (Å²) < 4.78 is 4.51. The Hall–Kier alpha value is -5.77. The van der Waals surface area contributed by atoms with Crippen molar-refractivity contribution in [1.29, 1.82) is 0 Å². The first-order chi connectivity index (χ1) is 24.1. The van der Waals surface area contributed by atoms with E-state index in [4.69, 9.17) is 15.0 Å². The van der Waals surface area contributed by atoms with Crippen LogP contribution in [-0.4, -0.2) is 19.1 Å². The number of fused-ring (bicyclic) bond motifs is 7. The number of nitrogens with zero attached hydrogens (tertiary/aromatic N) is 5. The van der Waals surface area contributed by atoms with Gasteiger partial charge in [-0.15, -0.1) is 34.8 Å². The molecule has 0 atom stereocenters. The van der Waals surface area contributed by atoms with Crippen LogP contribution in [0.15, 0.2) is 140 Å². The monoisotopic (exact) mass is 822 g/mol. The molecule has 5 nitrogen and oxygen atoms in total. The van der Waals surface area contributed by atoms with Gasteiger partial charge in [0, 0.05) is 23.0 Å². The van der Waals surface area contributed by atoms with Crippen molar-refractivity contribution in [2.24, 2.45) is 0 Å². The molecule has 0 aliphatic carbocycles. The average Bonchev–Trinajstić information content (AvgIpc) is 3.81. The largest absolute Gasteiger partial charge is 2.00 e. The number of pyridine rings is 1. The molecule has 240 valence electrons. The van der Waals surface area contributed by atoms with Crippen molar-refractivity contribution in [2.45, 2.75) is 13.8 Å². The molecule has 0 amide bonds. The van der Waals surface area contributed by atoms with Gasteiger partial charge >= 0.3 is 21.1 Å². The number of hydrogen-bond acceptors (Lipinski definition) is 2. The zero-order valence-corrected chi connectivity index (χ0v) is 29.6. The van der Waals surface area contributed by atoms with E-state index in [0.29, 0.717) is 0 Å². The Kier molecular flexibility index (Phi) is 7.08. The molecule has 0 saturated carbocycles. The van der Waals surface area contributed by atoms with E-state index in [0.717, 1.165) is 83.3 Å². The SMILES string of the molecule is Cc1cccc(-n2c(-c3cccc4c3[n-]c3ccccc34)nc3c(-c4[c-]c5c(cc4)c4ccc(C)cc4n5-c4ccccn4)cccc32)c1.[Pt+2]. The second kappa shape index (κ2) is 11.7.